The molecule has 1 unspecified atom stereocenters. The molecule has 1 aliphatic rings. The second-order valence-electron chi connectivity index (χ2n) is 5.40. The first kappa shape index (κ1) is 14.1. The third-order valence-electron chi connectivity index (χ3n) is 3.85. The van der Waals surface area contributed by atoms with Gasteiger partial charge in [0.15, 0.2) is 0 Å². The fourth-order valence-electron chi connectivity index (χ4n) is 2.36. The SMILES string of the molecule is COC(=O)c1ccc(C(C)N2CCC(C)(O)CC2)o1. The molecule has 1 aromatic rings. The zero-order valence-electron chi connectivity index (χ0n) is 11.7. The predicted molar refractivity (Wildman–Crippen MR) is 69.9 cm³/mol. The first-order valence-electron chi connectivity index (χ1n) is 6.57. The van der Waals surface area contributed by atoms with Gasteiger partial charge in [-0.25, -0.2) is 4.79 Å². The van der Waals surface area contributed by atoms with Gasteiger partial charge in [0, 0.05) is 13.1 Å². The second kappa shape index (κ2) is 5.35. The van der Waals surface area contributed by atoms with Crippen LogP contribution >= 0.6 is 0 Å². The number of hydrogen-bond donors (Lipinski definition) is 1. The molecular weight excluding hydrogens is 246 g/mol. The van der Waals surface area contributed by atoms with Gasteiger partial charge < -0.3 is 14.3 Å². The molecule has 1 saturated heterocycles. The summed E-state index contributed by atoms with van der Waals surface area (Å²) in [4.78, 5) is 13.6. The highest BCUT2D eigenvalue weighted by Crippen LogP contribution is 2.29. The third kappa shape index (κ3) is 3.16. The highest BCUT2D eigenvalue weighted by Gasteiger charge is 2.31. The van der Waals surface area contributed by atoms with E-state index in [1.54, 1.807) is 6.07 Å². The summed E-state index contributed by atoms with van der Waals surface area (Å²) in [5, 5.41) is 9.94. The van der Waals surface area contributed by atoms with Gasteiger partial charge in [0.2, 0.25) is 5.76 Å². The van der Waals surface area contributed by atoms with Crippen LogP contribution in [0.1, 0.15) is 49.0 Å². The number of nitrogens with zero attached hydrogens (tertiary/aromatic N) is 1. The normalized spacial score (nSPS) is 21.1. The number of methoxy groups -OCH3 is 1. The van der Waals surface area contributed by atoms with E-state index in [0.29, 0.717) is 0 Å². The number of carbonyl (C=O) groups is 1. The highest BCUT2D eigenvalue weighted by molar-refractivity contribution is 5.86. The number of ether oxygens (including phenoxy) is 1. The fraction of sp³-hybridized carbons (Fsp3) is 0.643. The summed E-state index contributed by atoms with van der Waals surface area (Å²) in [5.41, 5.74) is -0.559. The Labute approximate surface area is 113 Å². The minimum absolute atomic E-state index is 0.0921. The van der Waals surface area contributed by atoms with Crippen molar-refractivity contribution >= 4 is 5.97 Å². The van der Waals surface area contributed by atoms with Gasteiger partial charge in [0.05, 0.1) is 18.8 Å². The van der Waals surface area contributed by atoms with Crippen molar-refractivity contribution in [1.29, 1.82) is 0 Å². The van der Waals surface area contributed by atoms with Crippen LogP contribution in [0.2, 0.25) is 0 Å². The Morgan fingerprint density at radius 3 is 2.68 bits per heavy atom. The Morgan fingerprint density at radius 2 is 2.11 bits per heavy atom. The van der Waals surface area contributed by atoms with Crippen LogP contribution in [-0.2, 0) is 4.74 Å². The van der Waals surface area contributed by atoms with Crippen molar-refractivity contribution in [3.05, 3.63) is 23.7 Å². The summed E-state index contributed by atoms with van der Waals surface area (Å²) in [7, 11) is 1.33. The molecule has 5 heteroatoms. The van der Waals surface area contributed by atoms with Gasteiger partial charge in [0.25, 0.3) is 0 Å². The molecule has 0 amide bonds. The van der Waals surface area contributed by atoms with E-state index in [4.69, 9.17) is 4.42 Å². The van der Waals surface area contributed by atoms with Crippen molar-refractivity contribution in [1.82, 2.24) is 4.90 Å². The summed E-state index contributed by atoms with van der Waals surface area (Å²) < 4.78 is 10.1. The lowest BCUT2D eigenvalue weighted by Crippen LogP contribution is -2.43. The number of rotatable bonds is 3. The van der Waals surface area contributed by atoms with E-state index in [1.165, 1.54) is 7.11 Å². The van der Waals surface area contributed by atoms with E-state index in [1.807, 2.05) is 19.9 Å². The largest absolute Gasteiger partial charge is 0.463 e. The van der Waals surface area contributed by atoms with Gasteiger partial charge in [-0.3, -0.25) is 4.90 Å². The molecule has 1 aliphatic heterocycles. The van der Waals surface area contributed by atoms with Gasteiger partial charge in [-0.05, 0) is 38.8 Å². The molecule has 2 heterocycles. The summed E-state index contributed by atoms with van der Waals surface area (Å²) in [5.74, 6) is 0.523. The number of likely N-dealkylation sites (tertiary alicyclic amines) is 1. The molecule has 1 aromatic heterocycles. The lowest BCUT2D eigenvalue weighted by atomic mass is 9.93. The first-order chi connectivity index (χ1) is 8.93. The average Bonchev–Trinajstić information content (AvgIpc) is 2.86. The Kier molecular flexibility index (Phi) is 3.96. The molecule has 0 radical (unpaired) electrons. The van der Waals surface area contributed by atoms with Gasteiger partial charge in [-0.15, -0.1) is 0 Å². The summed E-state index contributed by atoms with van der Waals surface area (Å²) in [6.45, 7) is 5.56. The molecule has 0 spiro atoms. The zero-order chi connectivity index (χ0) is 14.0. The number of hydrogen-bond acceptors (Lipinski definition) is 5. The molecule has 0 aromatic carbocycles. The topological polar surface area (TPSA) is 62.9 Å². The molecule has 19 heavy (non-hydrogen) atoms. The Morgan fingerprint density at radius 1 is 1.47 bits per heavy atom. The fourth-order valence-corrected chi connectivity index (χ4v) is 2.36. The average molecular weight is 267 g/mol. The van der Waals surface area contributed by atoms with E-state index in [9.17, 15) is 9.90 Å². The number of piperidine rings is 1. The Hall–Kier alpha value is -1.33. The van der Waals surface area contributed by atoms with Crippen molar-refractivity contribution in [2.24, 2.45) is 0 Å². The van der Waals surface area contributed by atoms with Crippen LogP contribution in [-0.4, -0.2) is 41.8 Å². The van der Waals surface area contributed by atoms with Crippen molar-refractivity contribution < 1.29 is 19.1 Å². The van der Waals surface area contributed by atoms with Crippen molar-refractivity contribution in [2.45, 2.75) is 38.3 Å². The van der Waals surface area contributed by atoms with Crippen LogP contribution in [0, 0.1) is 0 Å². The van der Waals surface area contributed by atoms with Crippen LogP contribution < -0.4 is 0 Å². The molecule has 0 saturated carbocycles. The highest BCUT2D eigenvalue weighted by atomic mass is 16.5. The van der Waals surface area contributed by atoms with Gasteiger partial charge >= 0.3 is 5.97 Å². The summed E-state index contributed by atoms with van der Waals surface area (Å²) in [6, 6.07) is 3.54. The maximum absolute atomic E-state index is 11.3. The van der Waals surface area contributed by atoms with Crippen LogP contribution in [0.3, 0.4) is 0 Å². The van der Waals surface area contributed by atoms with Gasteiger partial charge in [-0.1, -0.05) is 0 Å². The van der Waals surface area contributed by atoms with E-state index in [2.05, 4.69) is 9.64 Å². The molecule has 1 N–H and O–H groups in total. The zero-order valence-corrected chi connectivity index (χ0v) is 11.7. The van der Waals surface area contributed by atoms with Crippen molar-refractivity contribution in [3.8, 4) is 0 Å². The maximum atomic E-state index is 11.3. The minimum Gasteiger partial charge on any atom is -0.463 e. The molecule has 2 rings (SSSR count). The van der Waals surface area contributed by atoms with Crippen molar-refractivity contribution in [3.63, 3.8) is 0 Å². The molecule has 5 nitrogen and oxygen atoms in total. The summed E-state index contributed by atoms with van der Waals surface area (Å²) >= 11 is 0. The van der Waals surface area contributed by atoms with Crippen LogP contribution in [0.15, 0.2) is 16.5 Å². The predicted octanol–water partition coefficient (Wildman–Crippen LogP) is 1.97. The number of aliphatic hydroxyl groups is 1. The minimum atomic E-state index is -0.559. The second-order valence-corrected chi connectivity index (χ2v) is 5.40. The summed E-state index contributed by atoms with van der Waals surface area (Å²) in [6.07, 6.45) is 1.50. The van der Waals surface area contributed by atoms with Gasteiger partial charge in [-0.2, -0.15) is 0 Å². The molecule has 0 aliphatic carbocycles. The quantitative estimate of drug-likeness (QED) is 0.848. The lowest BCUT2D eigenvalue weighted by Gasteiger charge is -2.38. The molecule has 106 valence electrons. The standard InChI is InChI=1S/C14H21NO4/c1-10(15-8-6-14(2,17)7-9-15)11-4-5-12(19-11)13(16)18-3/h4-5,10,17H,6-9H2,1-3H3. The van der Waals surface area contributed by atoms with E-state index in [-0.39, 0.29) is 11.8 Å². The van der Waals surface area contributed by atoms with Crippen LogP contribution in [0.5, 0.6) is 0 Å². The maximum Gasteiger partial charge on any atom is 0.373 e. The van der Waals surface area contributed by atoms with Crippen molar-refractivity contribution in [2.75, 3.05) is 20.2 Å². The number of carbonyl (C=O) groups excluding carboxylic acids is 1. The number of esters is 1. The van der Waals surface area contributed by atoms with Gasteiger partial charge in [0.1, 0.15) is 5.76 Å². The number of furan rings is 1. The lowest BCUT2D eigenvalue weighted by molar-refractivity contribution is -0.0172. The molecular formula is C14H21NO4. The molecule has 0 bridgehead atoms. The Balaban J connectivity index is 2.02. The molecule has 1 atom stereocenters. The van der Waals surface area contributed by atoms with E-state index in [0.717, 1.165) is 31.7 Å². The first-order valence-corrected chi connectivity index (χ1v) is 6.57. The van der Waals surface area contributed by atoms with Crippen LogP contribution in [0.25, 0.3) is 0 Å². The smallest absolute Gasteiger partial charge is 0.373 e. The third-order valence-corrected chi connectivity index (χ3v) is 3.85. The molecule has 1 fully saturated rings. The van der Waals surface area contributed by atoms with Crippen LogP contribution in [0.4, 0.5) is 0 Å². The monoisotopic (exact) mass is 267 g/mol. The van der Waals surface area contributed by atoms with E-state index < -0.39 is 11.6 Å². The van der Waals surface area contributed by atoms with E-state index >= 15 is 0 Å². The Bertz CT molecular complexity index is 442.